The Morgan fingerprint density at radius 3 is 2.71 bits per heavy atom. The van der Waals surface area contributed by atoms with Gasteiger partial charge in [-0.3, -0.25) is 0 Å². The summed E-state index contributed by atoms with van der Waals surface area (Å²) in [5.41, 5.74) is 2.59. The van der Waals surface area contributed by atoms with Gasteiger partial charge in [-0.15, -0.1) is 35.3 Å². The van der Waals surface area contributed by atoms with E-state index in [1.54, 1.807) is 11.3 Å². The fourth-order valence-electron chi connectivity index (χ4n) is 2.84. The summed E-state index contributed by atoms with van der Waals surface area (Å²) in [7, 11) is 0. The van der Waals surface area contributed by atoms with E-state index < -0.39 is 0 Å². The molecule has 0 saturated heterocycles. The van der Waals surface area contributed by atoms with Crippen molar-refractivity contribution in [1.82, 2.24) is 20.2 Å². The Hall–Kier alpha value is -1.87. The van der Waals surface area contributed by atoms with E-state index in [0.717, 1.165) is 37.8 Å². The van der Waals surface area contributed by atoms with Gasteiger partial charge in [-0.25, -0.2) is 9.98 Å². The molecule has 0 amide bonds. The lowest BCUT2D eigenvalue weighted by Gasteiger charge is -2.12. The first-order valence-corrected chi connectivity index (χ1v) is 10.2. The number of benzene rings is 1. The van der Waals surface area contributed by atoms with Gasteiger partial charge in [0.1, 0.15) is 5.82 Å². The number of nitrogens with zero attached hydrogens (tertiary/aromatic N) is 3. The molecule has 0 bridgehead atoms. The Kier molecular flexibility index (Phi) is 9.49. The number of guanidine groups is 1. The van der Waals surface area contributed by atoms with E-state index in [0.29, 0.717) is 6.54 Å². The molecule has 0 aliphatic rings. The molecule has 0 atom stereocenters. The molecule has 2 N–H and O–H groups in total. The maximum Gasteiger partial charge on any atom is 0.191 e. The number of thiophene rings is 1. The van der Waals surface area contributed by atoms with Crippen molar-refractivity contribution in [3.63, 3.8) is 0 Å². The lowest BCUT2D eigenvalue weighted by Crippen LogP contribution is -2.38. The van der Waals surface area contributed by atoms with Gasteiger partial charge in [0.2, 0.25) is 0 Å². The van der Waals surface area contributed by atoms with Gasteiger partial charge in [-0.05, 0) is 36.4 Å². The Balaban J connectivity index is 0.00000280. The zero-order valence-corrected chi connectivity index (χ0v) is 19.5. The molecule has 5 nitrogen and oxygen atoms in total. The van der Waals surface area contributed by atoms with Crippen molar-refractivity contribution in [3.05, 3.63) is 76.0 Å². The van der Waals surface area contributed by atoms with Gasteiger partial charge in [0.25, 0.3) is 0 Å². The van der Waals surface area contributed by atoms with Crippen LogP contribution in [0.25, 0.3) is 0 Å². The molecule has 150 valence electrons. The van der Waals surface area contributed by atoms with Gasteiger partial charge < -0.3 is 15.2 Å². The number of halogens is 1. The molecule has 2 aromatic heterocycles. The summed E-state index contributed by atoms with van der Waals surface area (Å²) in [6.45, 7) is 7.41. The topological polar surface area (TPSA) is 54.2 Å². The van der Waals surface area contributed by atoms with E-state index in [4.69, 9.17) is 4.99 Å². The highest BCUT2D eigenvalue weighted by Gasteiger charge is 2.05. The smallest absolute Gasteiger partial charge is 0.191 e. The van der Waals surface area contributed by atoms with Crippen molar-refractivity contribution < 1.29 is 0 Å². The Labute approximate surface area is 188 Å². The number of hydrogen-bond acceptors (Lipinski definition) is 3. The van der Waals surface area contributed by atoms with Crippen molar-refractivity contribution in [2.24, 2.45) is 4.99 Å². The van der Waals surface area contributed by atoms with Gasteiger partial charge in [0.15, 0.2) is 5.96 Å². The number of hydrogen-bond donors (Lipinski definition) is 2. The summed E-state index contributed by atoms with van der Waals surface area (Å²) in [5.74, 6) is 1.93. The van der Waals surface area contributed by atoms with Crippen molar-refractivity contribution >= 4 is 41.3 Å². The van der Waals surface area contributed by atoms with Crippen LogP contribution >= 0.6 is 35.3 Å². The van der Waals surface area contributed by atoms with Gasteiger partial charge in [0, 0.05) is 43.3 Å². The summed E-state index contributed by atoms with van der Waals surface area (Å²) in [5, 5.41) is 8.86. The van der Waals surface area contributed by atoms with Crippen LogP contribution in [0.1, 0.15) is 28.8 Å². The highest BCUT2D eigenvalue weighted by atomic mass is 127. The Morgan fingerprint density at radius 1 is 1.18 bits per heavy atom. The molecule has 3 rings (SSSR count). The molecule has 3 aromatic rings. The minimum atomic E-state index is 0. The van der Waals surface area contributed by atoms with Crippen LogP contribution in [0.4, 0.5) is 0 Å². The van der Waals surface area contributed by atoms with Gasteiger partial charge in [0.05, 0.1) is 6.54 Å². The highest BCUT2D eigenvalue weighted by Crippen LogP contribution is 2.16. The standard InChI is InChI=1S/C21H27N5S.HI/c1-3-22-21(25-15-19-17(2)10-14-27-19)24-11-9-20-23-12-13-26(20)16-18-7-5-4-6-8-18;/h4-8,10,12-14H,3,9,11,15-16H2,1-2H3,(H2,22,24,25);1H. The second kappa shape index (κ2) is 11.9. The maximum absolute atomic E-state index is 4.70. The van der Waals surface area contributed by atoms with E-state index in [1.807, 2.05) is 18.5 Å². The van der Waals surface area contributed by atoms with E-state index in [1.165, 1.54) is 16.0 Å². The molecule has 0 fully saturated rings. The average Bonchev–Trinajstić information content (AvgIpc) is 3.29. The number of aromatic nitrogens is 2. The number of aryl methyl sites for hydroxylation is 1. The highest BCUT2D eigenvalue weighted by molar-refractivity contribution is 14.0. The van der Waals surface area contributed by atoms with Gasteiger partial charge in [-0.2, -0.15) is 0 Å². The van der Waals surface area contributed by atoms with Gasteiger partial charge in [-0.1, -0.05) is 30.3 Å². The fourth-order valence-corrected chi connectivity index (χ4v) is 3.67. The van der Waals surface area contributed by atoms with E-state index >= 15 is 0 Å². The number of rotatable bonds is 8. The summed E-state index contributed by atoms with van der Waals surface area (Å²) in [6.07, 6.45) is 4.76. The lowest BCUT2D eigenvalue weighted by molar-refractivity contribution is 0.694. The maximum atomic E-state index is 4.70. The largest absolute Gasteiger partial charge is 0.357 e. The SMILES string of the molecule is CCNC(=NCc1sccc1C)NCCc1nccn1Cc1ccccc1.I. The quantitative estimate of drug-likeness (QED) is 0.272. The molecule has 2 heterocycles. The van der Waals surface area contributed by atoms with Crippen molar-refractivity contribution in [3.8, 4) is 0 Å². The van der Waals surface area contributed by atoms with Crippen molar-refractivity contribution in [2.45, 2.75) is 33.4 Å². The van der Waals surface area contributed by atoms with Crippen LogP contribution in [-0.4, -0.2) is 28.6 Å². The van der Waals surface area contributed by atoms with Crippen LogP contribution in [0, 0.1) is 6.92 Å². The lowest BCUT2D eigenvalue weighted by atomic mass is 10.2. The molecular weight excluding hydrogens is 481 g/mol. The second-order valence-corrected chi connectivity index (χ2v) is 7.36. The summed E-state index contributed by atoms with van der Waals surface area (Å²) in [6, 6.07) is 12.6. The van der Waals surface area contributed by atoms with E-state index in [-0.39, 0.29) is 24.0 Å². The molecular formula is C21H28IN5S. The van der Waals surface area contributed by atoms with Crippen molar-refractivity contribution in [2.75, 3.05) is 13.1 Å². The third-order valence-corrected chi connectivity index (χ3v) is 5.34. The van der Waals surface area contributed by atoms with E-state index in [2.05, 4.69) is 69.7 Å². The van der Waals surface area contributed by atoms with Crippen LogP contribution < -0.4 is 10.6 Å². The molecule has 0 aliphatic carbocycles. The first-order valence-electron chi connectivity index (χ1n) is 9.35. The number of aliphatic imine (C=N–C) groups is 1. The van der Waals surface area contributed by atoms with Crippen LogP contribution in [0.15, 0.2) is 59.2 Å². The normalized spacial score (nSPS) is 11.1. The summed E-state index contributed by atoms with van der Waals surface area (Å²) < 4.78 is 2.20. The minimum Gasteiger partial charge on any atom is -0.357 e. The Morgan fingerprint density at radius 2 is 2.00 bits per heavy atom. The van der Waals surface area contributed by atoms with E-state index in [9.17, 15) is 0 Å². The predicted octanol–water partition coefficient (Wildman–Crippen LogP) is 4.22. The first kappa shape index (κ1) is 22.4. The third-order valence-electron chi connectivity index (χ3n) is 4.33. The molecule has 7 heteroatoms. The zero-order valence-electron chi connectivity index (χ0n) is 16.4. The molecule has 1 aromatic carbocycles. The third kappa shape index (κ3) is 6.63. The molecule has 0 aliphatic heterocycles. The second-order valence-electron chi connectivity index (χ2n) is 6.36. The fraction of sp³-hybridized carbons (Fsp3) is 0.333. The van der Waals surface area contributed by atoms with Crippen molar-refractivity contribution in [1.29, 1.82) is 0 Å². The zero-order chi connectivity index (χ0) is 18.9. The monoisotopic (exact) mass is 509 g/mol. The number of imidazole rings is 1. The van der Waals surface area contributed by atoms with Crippen LogP contribution in [-0.2, 0) is 19.5 Å². The van der Waals surface area contributed by atoms with Crippen LogP contribution in [0.2, 0.25) is 0 Å². The summed E-state index contributed by atoms with van der Waals surface area (Å²) >= 11 is 1.76. The molecule has 0 spiro atoms. The average molecular weight is 509 g/mol. The molecule has 0 radical (unpaired) electrons. The Bertz CT molecular complexity index is 857. The van der Waals surface area contributed by atoms with Gasteiger partial charge >= 0.3 is 0 Å². The summed E-state index contributed by atoms with van der Waals surface area (Å²) in [4.78, 5) is 10.5. The van der Waals surface area contributed by atoms with Crippen LogP contribution in [0.5, 0.6) is 0 Å². The molecule has 28 heavy (non-hydrogen) atoms. The van der Waals surface area contributed by atoms with Crippen LogP contribution in [0.3, 0.4) is 0 Å². The predicted molar refractivity (Wildman–Crippen MR) is 129 cm³/mol. The number of nitrogens with one attached hydrogen (secondary N) is 2. The first-order chi connectivity index (χ1) is 13.3. The molecule has 0 saturated carbocycles. The molecule has 0 unspecified atom stereocenters. The minimum absolute atomic E-state index is 0.